The number of alkyl halides is 3. The Morgan fingerprint density at radius 3 is 2.14 bits per heavy atom. The van der Waals surface area contributed by atoms with Crippen molar-refractivity contribution in [3.8, 4) is 0 Å². The third-order valence-electron chi connectivity index (χ3n) is 1.26. The largest absolute Gasteiger partial charge is 0.409 e. The van der Waals surface area contributed by atoms with Crippen molar-refractivity contribution in [1.29, 1.82) is 0 Å². The van der Waals surface area contributed by atoms with E-state index in [-0.39, 0.29) is 5.69 Å². The molecular formula is C8H6F4N2. The maximum atomic E-state index is 12.3. The van der Waals surface area contributed by atoms with E-state index in [1.54, 1.807) is 0 Å². The summed E-state index contributed by atoms with van der Waals surface area (Å²) in [4.78, 5) is 0. The van der Waals surface area contributed by atoms with Crippen LogP contribution < -0.4 is 0 Å². The summed E-state index contributed by atoms with van der Waals surface area (Å²) >= 11 is 0. The summed E-state index contributed by atoms with van der Waals surface area (Å²) in [6.07, 6.45) is -4.36. The number of hydrogen-bond acceptors (Lipinski definition) is 2. The summed E-state index contributed by atoms with van der Waals surface area (Å²) in [6.45, 7) is -1.33. The van der Waals surface area contributed by atoms with Crippen LogP contribution in [0.3, 0.4) is 0 Å². The zero-order chi connectivity index (χ0) is 10.6. The summed E-state index contributed by atoms with van der Waals surface area (Å²) in [5.74, 6) is -0.472. The normalized spacial score (nSPS) is 12.3. The second kappa shape index (κ2) is 4.17. The minimum atomic E-state index is -4.36. The van der Waals surface area contributed by atoms with Gasteiger partial charge in [-0.1, -0.05) is 0 Å². The van der Waals surface area contributed by atoms with Crippen LogP contribution in [0.5, 0.6) is 0 Å². The molecule has 0 aromatic heterocycles. The van der Waals surface area contributed by atoms with Gasteiger partial charge in [-0.25, -0.2) is 4.39 Å². The molecular weight excluding hydrogens is 200 g/mol. The molecule has 1 aromatic carbocycles. The van der Waals surface area contributed by atoms with Crippen LogP contribution in [-0.4, -0.2) is 12.7 Å². The molecule has 0 unspecified atom stereocenters. The molecule has 0 atom stereocenters. The lowest BCUT2D eigenvalue weighted by atomic mass is 10.3. The van der Waals surface area contributed by atoms with Crippen molar-refractivity contribution < 1.29 is 17.6 Å². The molecule has 0 fully saturated rings. The van der Waals surface area contributed by atoms with Crippen LogP contribution in [0, 0.1) is 5.82 Å². The lowest BCUT2D eigenvalue weighted by Gasteiger charge is -1.98. The van der Waals surface area contributed by atoms with Gasteiger partial charge in [0.1, 0.15) is 5.82 Å². The first-order valence-corrected chi connectivity index (χ1v) is 3.67. The van der Waals surface area contributed by atoms with Crippen LogP contribution in [0.4, 0.5) is 23.2 Å². The fraction of sp³-hybridized carbons (Fsp3) is 0.250. The first kappa shape index (κ1) is 10.6. The monoisotopic (exact) mass is 206 g/mol. The second-order valence-electron chi connectivity index (χ2n) is 2.49. The van der Waals surface area contributed by atoms with E-state index < -0.39 is 18.5 Å². The SMILES string of the molecule is Fc1ccc(N=NCC(F)(F)F)cc1. The van der Waals surface area contributed by atoms with Crippen LogP contribution in [0.1, 0.15) is 0 Å². The minimum absolute atomic E-state index is 0.190. The average molecular weight is 206 g/mol. The first-order valence-electron chi connectivity index (χ1n) is 3.67. The molecule has 14 heavy (non-hydrogen) atoms. The molecule has 0 aliphatic rings. The van der Waals surface area contributed by atoms with Crippen LogP contribution in [0.15, 0.2) is 34.5 Å². The smallest absolute Gasteiger partial charge is 0.207 e. The third kappa shape index (κ3) is 3.97. The van der Waals surface area contributed by atoms with Crippen molar-refractivity contribution >= 4 is 5.69 Å². The summed E-state index contributed by atoms with van der Waals surface area (Å²) in [5.41, 5.74) is 0.190. The Morgan fingerprint density at radius 1 is 1.07 bits per heavy atom. The minimum Gasteiger partial charge on any atom is -0.207 e. The first-order chi connectivity index (χ1) is 6.47. The quantitative estimate of drug-likeness (QED) is 0.522. The van der Waals surface area contributed by atoms with Crippen LogP contribution in [0.25, 0.3) is 0 Å². The topological polar surface area (TPSA) is 24.7 Å². The van der Waals surface area contributed by atoms with E-state index in [9.17, 15) is 17.6 Å². The fourth-order valence-electron chi connectivity index (χ4n) is 0.705. The lowest BCUT2D eigenvalue weighted by Crippen LogP contribution is -2.10. The standard InChI is InChI=1S/C8H6F4N2/c9-6-1-3-7(4-2-6)14-13-5-8(10,11)12/h1-4H,5H2. The molecule has 0 amide bonds. The van der Waals surface area contributed by atoms with Crippen molar-refractivity contribution in [2.45, 2.75) is 6.18 Å². The van der Waals surface area contributed by atoms with Crippen molar-refractivity contribution in [2.75, 3.05) is 6.54 Å². The predicted octanol–water partition coefficient (Wildman–Crippen LogP) is 3.47. The molecule has 1 aromatic rings. The molecule has 2 nitrogen and oxygen atoms in total. The number of rotatable bonds is 2. The van der Waals surface area contributed by atoms with Gasteiger partial charge in [-0.05, 0) is 24.3 Å². The van der Waals surface area contributed by atoms with E-state index in [0.717, 1.165) is 12.1 Å². The van der Waals surface area contributed by atoms with Crippen LogP contribution in [0.2, 0.25) is 0 Å². The van der Waals surface area contributed by atoms with E-state index in [2.05, 4.69) is 10.2 Å². The molecule has 6 heteroatoms. The Labute approximate surface area is 77.3 Å². The molecule has 0 aliphatic carbocycles. The number of azo groups is 1. The molecule has 0 radical (unpaired) electrons. The summed E-state index contributed by atoms with van der Waals surface area (Å²) in [6, 6.07) is 4.69. The Bertz CT molecular complexity index is 315. The van der Waals surface area contributed by atoms with E-state index in [1.807, 2.05) is 0 Å². The third-order valence-corrected chi connectivity index (χ3v) is 1.26. The molecule has 76 valence electrons. The van der Waals surface area contributed by atoms with Gasteiger partial charge in [0, 0.05) is 0 Å². The molecule has 0 bridgehead atoms. The maximum Gasteiger partial charge on any atom is 0.409 e. The molecule has 0 saturated carbocycles. The number of hydrogen-bond donors (Lipinski definition) is 0. The zero-order valence-electron chi connectivity index (χ0n) is 6.92. The molecule has 0 aliphatic heterocycles. The van der Waals surface area contributed by atoms with Gasteiger partial charge in [0.2, 0.25) is 0 Å². The summed E-state index contributed by atoms with van der Waals surface area (Å²) < 4.78 is 47.2. The predicted molar refractivity (Wildman–Crippen MR) is 41.8 cm³/mol. The fourth-order valence-corrected chi connectivity index (χ4v) is 0.705. The molecule has 0 N–H and O–H groups in total. The maximum absolute atomic E-state index is 12.3. The lowest BCUT2D eigenvalue weighted by molar-refractivity contribution is -0.119. The van der Waals surface area contributed by atoms with Crippen molar-refractivity contribution in [2.24, 2.45) is 10.2 Å². The number of benzene rings is 1. The van der Waals surface area contributed by atoms with Gasteiger partial charge >= 0.3 is 6.18 Å². The zero-order valence-corrected chi connectivity index (χ0v) is 6.92. The second-order valence-corrected chi connectivity index (χ2v) is 2.49. The number of halogens is 4. The Morgan fingerprint density at radius 2 is 1.64 bits per heavy atom. The van der Waals surface area contributed by atoms with Gasteiger partial charge in [-0.2, -0.15) is 23.4 Å². The van der Waals surface area contributed by atoms with Crippen LogP contribution in [-0.2, 0) is 0 Å². The Balaban J connectivity index is 2.57. The molecule has 0 heterocycles. The molecule has 0 saturated heterocycles. The summed E-state index contributed by atoms with van der Waals surface area (Å²) in [5, 5.41) is 6.19. The Kier molecular flexibility index (Phi) is 3.16. The highest BCUT2D eigenvalue weighted by Gasteiger charge is 2.26. The van der Waals surface area contributed by atoms with Crippen molar-refractivity contribution in [3.05, 3.63) is 30.1 Å². The van der Waals surface area contributed by atoms with Gasteiger partial charge in [-0.15, -0.1) is 0 Å². The Hall–Kier alpha value is -1.46. The van der Waals surface area contributed by atoms with Crippen molar-refractivity contribution in [3.63, 3.8) is 0 Å². The van der Waals surface area contributed by atoms with Gasteiger partial charge in [-0.3, -0.25) is 0 Å². The molecule has 1 rings (SSSR count). The molecule has 0 spiro atoms. The highest BCUT2D eigenvalue weighted by Crippen LogP contribution is 2.17. The highest BCUT2D eigenvalue weighted by atomic mass is 19.4. The van der Waals surface area contributed by atoms with Gasteiger partial charge in [0.05, 0.1) is 5.69 Å². The summed E-state index contributed by atoms with van der Waals surface area (Å²) in [7, 11) is 0. The van der Waals surface area contributed by atoms with E-state index in [4.69, 9.17) is 0 Å². The van der Waals surface area contributed by atoms with E-state index in [0.29, 0.717) is 0 Å². The van der Waals surface area contributed by atoms with E-state index in [1.165, 1.54) is 12.1 Å². The van der Waals surface area contributed by atoms with Gasteiger partial charge in [0.15, 0.2) is 6.54 Å². The van der Waals surface area contributed by atoms with Crippen LogP contribution >= 0.6 is 0 Å². The van der Waals surface area contributed by atoms with Crippen molar-refractivity contribution in [1.82, 2.24) is 0 Å². The number of nitrogens with zero attached hydrogens (tertiary/aromatic N) is 2. The average Bonchev–Trinajstić information content (AvgIpc) is 2.06. The van der Waals surface area contributed by atoms with Gasteiger partial charge < -0.3 is 0 Å². The van der Waals surface area contributed by atoms with Gasteiger partial charge in [0.25, 0.3) is 0 Å². The highest BCUT2D eigenvalue weighted by molar-refractivity contribution is 5.35. The van der Waals surface area contributed by atoms with E-state index >= 15 is 0 Å².